The number of carbonyl (C=O) groups excluding carboxylic acids is 1. The Kier molecular flexibility index (Phi) is 38.5. The number of nitrogens with one attached hydrogen (secondary N) is 1. The van der Waals surface area contributed by atoms with Gasteiger partial charge in [-0.15, -0.1) is 0 Å². The molecule has 0 rings (SSSR count). The summed E-state index contributed by atoms with van der Waals surface area (Å²) in [6.45, 7) is 4.54. The van der Waals surface area contributed by atoms with Crippen LogP contribution in [-0.2, 0) is 14.9 Å². The van der Waals surface area contributed by atoms with Crippen molar-refractivity contribution >= 4 is 16.0 Å². The molecule has 0 aromatic carbocycles. The third-order valence-electron chi connectivity index (χ3n) is 10.8. The number of hydrogen-bond acceptors (Lipinski definition) is 4. The Morgan fingerprint density at radius 3 is 0.980 bits per heavy atom. The number of aliphatic hydroxyl groups is 1. The summed E-state index contributed by atoms with van der Waals surface area (Å²) < 4.78 is 32.6. The molecule has 0 aromatic rings. The van der Waals surface area contributed by atoms with Crippen molar-refractivity contribution in [2.45, 2.75) is 270 Å². The van der Waals surface area contributed by atoms with Crippen molar-refractivity contribution in [3.8, 4) is 0 Å². The molecule has 1 amide bonds. The molecule has 0 aliphatic carbocycles. The third kappa shape index (κ3) is 40.4. The van der Waals surface area contributed by atoms with Crippen LogP contribution >= 0.6 is 0 Å². The van der Waals surface area contributed by atoms with E-state index in [1.165, 1.54) is 193 Å². The molecule has 0 bridgehead atoms. The highest BCUT2D eigenvalue weighted by Crippen LogP contribution is 2.17. The summed E-state index contributed by atoms with van der Waals surface area (Å²) in [4.78, 5) is 12.6. The molecule has 0 spiro atoms. The first-order chi connectivity index (χ1) is 24.8. The van der Waals surface area contributed by atoms with E-state index in [1.807, 2.05) is 0 Å². The van der Waals surface area contributed by atoms with Crippen LogP contribution in [0.4, 0.5) is 0 Å². The Hall–Kier alpha value is -0.660. The summed E-state index contributed by atoms with van der Waals surface area (Å²) in [7, 11) is -4.30. The lowest BCUT2D eigenvalue weighted by Crippen LogP contribution is -2.47. The molecule has 2 atom stereocenters. The standard InChI is InChI=1S/C44H89NO5S/c1-3-5-7-9-11-13-15-17-19-20-21-22-23-24-26-28-30-32-34-36-38-40-44(47)45-42(41-51(48,49)50)43(46)39-37-35-33-31-29-27-25-18-16-14-12-10-8-6-4-2/h42-43,46H,3-41H2,1-2H3,(H,45,47)(H,48,49,50). The zero-order valence-electron chi connectivity index (χ0n) is 34.3. The van der Waals surface area contributed by atoms with Crippen LogP contribution in [0.15, 0.2) is 0 Å². The van der Waals surface area contributed by atoms with Gasteiger partial charge in [-0.1, -0.05) is 239 Å². The summed E-state index contributed by atoms with van der Waals surface area (Å²) in [5, 5.41) is 13.4. The molecule has 0 radical (unpaired) electrons. The van der Waals surface area contributed by atoms with Crippen LogP contribution in [0.5, 0.6) is 0 Å². The van der Waals surface area contributed by atoms with Gasteiger partial charge in [-0.05, 0) is 12.8 Å². The van der Waals surface area contributed by atoms with Crippen molar-refractivity contribution in [2.24, 2.45) is 0 Å². The lowest BCUT2D eigenvalue weighted by Gasteiger charge is -2.23. The van der Waals surface area contributed by atoms with Crippen LogP contribution in [0, 0.1) is 0 Å². The van der Waals surface area contributed by atoms with E-state index in [9.17, 15) is 22.9 Å². The largest absolute Gasteiger partial charge is 0.391 e. The minimum atomic E-state index is -4.30. The van der Waals surface area contributed by atoms with E-state index < -0.39 is 28.0 Å². The molecule has 0 aliphatic heterocycles. The van der Waals surface area contributed by atoms with Crippen LogP contribution in [-0.4, -0.2) is 41.9 Å². The molecule has 0 saturated heterocycles. The highest BCUT2D eigenvalue weighted by atomic mass is 32.2. The van der Waals surface area contributed by atoms with Gasteiger partial charge in [-0.2, -0.15) is 8.42 Å². The van der Waals surface area contributed by atoms with E-state index in [4.69, 9.17) is 0 Å². The minimum absolute atomic E-state index is 0.239. The van der Waals surface area contributed by atoms with Crippen LogP contribution in [0.25, 0.3) is 0 Å². The van der Waals surface area contributed by atoms with Gasteiger partial charge in [0, 0.05) is 6.42 Å². The summed E-state index contributed by atoms with van der Waals surface area (Å²) in [6, 6.07) is -0.964. The third-order valence-corrected chi connectivity index (χ3v) is 11.6. The first kappa shape index (κ1) is 50.3. The molecule has 51 heavy (non-hydrogen) atoms. The van der Waals surface area contributed by atoms with Gasteiger partial charge in [0.2, 0.25) is 5.91 Å². The quantitative estimate of drug-likeness (QED) is 0.0426. The van der Waals surface area contributed by atoms with Gasteiger partial charge >= 0.3 is 0 Å². The Morgan fingerprint density at radius 1 is 0.451 bits per heavy atom. The number of unbranched alkanes of at least 4 members (excludes halogenated alkanes) is 34. The van der Waals surface area contributed by atoms with Crippen molar-refractivity contribution in [3.05, 3.63) is 0 Å². The highest BCUT2D eigenvalue weighted by molar-refractivity contribution is 7.85. The Labute approximate surface area is 319 Å². The highest BCUT2D eigenvalue weighted by Gasteiger charge is 2.26. The smallest absolute Gasteiger partial charge is 0.266 e. The number of aliphatic hydroxyl groups excluding tert-OH is 1. The zero-order valence-corrected chi connectivity index (χ0v) is 35.1. The lowest BCUT2D eigenvalue weighted by molar-refractivity contribution is -0.122. The van der Waals surface area contributed by atoms with Gasteiger partial charge in [0.05, 0.1) is 17.9 Å². The van der Waals surface area contributed by atoms with Gasteiger partial charge in [-0.25, -0.2) is 0 Å². The van der Waals surface area contributed by atoms with Crippen LogP contribution in [0.1, 0.15) is 258 Å². The van der Waals surface area contributed by atoms with E-state index in [2.05, 4.69) is 19.2 Å². The van der Waals surface area contributed by atoms with Crippen molar-refractivity contribution < 1.29 is 22.9 Å². The predicted molar refractivity (Wildman–Crippen MR) is 221 cm³/mol. The SMILES string of the molecule is CCCCCCCCCCCCCCCCCCCCCCCC(=O)NC(CS(=O)(=O)O)C(O)CCCCCCCCCCCCCCCCC. The molecule has 0 aliphatic rings. The Morgan fingerprint density at radius 2 is 0.706 bits per heavy atom. The second kappa shape index (κ2) is 39.0. The fourth-order valence-electron chi connectivity index (χ4n) is 7.40. The summed E-state index contributed by atoms with van der Waals surface area (Å²) in [5.74, 6) is -0.880. The van der Waals surface area contributed by atoms with Gasteiger partial charge in [0.15, 0.2) is 0 Å². The molecule has 2 unspecified atom stereocenters. The average Bonchev–Trinajstić information content (AvgIpc) is 3.09. The Bertz CT molecular complexity index is 820. The molecule has 0 fully saturated rings. The van der Waals surface area contributed by atoms with Crippen LogP contribution in [0.2, 0.25) is 0 Å². The van der Waals surface area contributed by atoms with E-state index in [0.717, 1.165) is 38.5 Å². The van der Waals surface area contributed by atoms with Crippen molar-refractivity contribution in [1.82, 2.24) is 5.32 Å². The molecule has 6 nitrogen and oxygen atoms in total. The predicted octanol–water partition coefficient (Wildman–Crippen LogP) is 13.6. The van der Waals surface area contributed by atoms with E-state index in [-0.39, 0.29) is 5.91 Å². The maximum Gasteiger partial charge on any atom is 0.266 e. The zero-order chi connectivity index (χ0) is 37.5. The van der Waals surface area contributed by atoms with Gasteiger partial charge in [0.25, 0.3) is 10.1 Å². The monoisotopic (exact) mass is 744 g/mol. The molecular formula is C44H89NO5S. The average molecular weight is 744 g/mol. The van der Waals surface area contributed by atoms with Crippen molar-refractivity contribution in [1.29, 1.82) is 0 Å². The summed E-state index contributed by atoms with van der Waals surface area (Å²) >= 11 is 0. The molecule has 306 valence electrons. The maximum absolute atomic E-state index is 12.6. The molecular weight excluding hydrogens is 655 g/mol. The van der Waals surface area contributed by atoms with Crippen LogP contribution in [0.3, 0.4) is 0 Å². The number of amides is 1. The van der Waals surface area contributed by atoms with E-state index in [0.29, 0.717) is 12.8 Å². The number of carbonyl (C=O) groups is 1. The summed E-state index contributed by atoms with van der Waals surface area (Å²) in [6.07, 6.45) is 46.3. The van der Waals surface area contributed by atoms with Crippen molar-refractivity contribution in [2.75, 3.05) is 5.75 Å². The first-order valence-electron chi connectivity index (χ1n) is 22.7. The number of hydrogen-bond donors (Lipinski definition) is 3. The number of rotatable bonds is 42. The van der Waals surface area contributed by atoms with Crippen molar-refractivity contribution in [3.63, 3.8) is 0 Å². The van der Waals surface area contributed by atoms with Gasteiger partial charge < -0.3 is 10.4 Å². The molecule has 0 heterocycles. The van der Waals surface area contributed by atoms with Gasteiger partial charge in [-0.3, -0.25) is 9.35 Å². The maximum atomic E-state index is 12.6. The summed E-state index contributed by atoms with van der Waals surface area (Å²) in [5.41, 5.74) is 0. The van der Waals surface area contributed by atoms with E-state index >= 15 is 0 Å². The second-order valence-electron chi connectivity index (χ2n) is 16.0. The Balaban J connectivity index is 3.74. The van der Waals surface area contributed by atoms with Crippen LogP contribution < -0.4 is 5.32 Å². The fraction of sp³-hybridized carbons (Fsp3) is 0.977. The topological polar surface area (TPSA) is 104 Å². The minimum Gasteiger partial charge on any atom is -0.391 e. The van der Waals surface area contributed by atoms with Gasteiger partial charge in [0.1, 0.15) is 0 Å². The molecule has 3 N–H and O–H groups in total. The van der Waals surface area contributed by atoms with E-state index in [1.54, 1.807) is 0 Å². The molecule has 0 saturated carbocycles. The normalized spacial score (nSPS) is 13.1. The first-order valence-corrected chi connectivity index (χ1v) is 24.3. The molecule has 0 aromatic heterocycles. The fourth-order valence-corrected chi connectivity index (χ4v) is 8.16. The lowest BCUT2D eigenvalue weighted by atomic mass is 10.0. The second-order valence-corrected chi connectivity index (χ2v) is 17.5. The molecule has 7 heteroatoms.